The first-order chi connectivity index (χ1) is 9.33. The molecule has 0 heterocycles. The van der Waals surface area contributed by atoms with Crippen LogP contribution in [0.3, 0.4) is 0 Å². The fourth-order valence-corrected chi connectivity index (χ4v) is 2.38. The molecule has 0 bridgehead atoms. The van der Waals surface area contributed by atoms with Crippen molar-refractivity contribution in [1.82, 2.24) is 10.2 Å². The fourth-order valence-electron chi connectivity index (χ4n) is 1.47. The topological polar surface area (TPSA) is 61.4 Å². The molecule has 2 N–H and O–H groups in total. The predicted octanol–water partition coefficient (Wildman–Crippen LogP) is 2.26. The van der Waals surface area contributed by atoms with Crippen LogP contribution in [0.2, 0.25) is 15.1 Å². The number of amides is 2. The first-order valence-corrected chi connectivity index (χ1v) is 6.80. The van der Waals surface area contributed by atoms with Crippen molar-refractivity contribution in [1.29, 1.82) is 0 Å². The van der Waals surface area contributed by atoms with E-state index in [1.807, 2.05) is 0 Å². The maximum Gasteiger partial charge on any atom is 0.238 e. The van der Waals surface area contributed by atoms with Crippen LogP contribution < -0.4 is 10.6 Å². The van der Waals surface area contributed by atoms with Gasteiger partial charge in [0, 0.05) is 12.1 Å². The Balaban J connectivity index is 2.65. The second kappa shape index (κ2) is 7.69. The minimum absolute atomic E-state index is 0.0305. The Labute approximate surface area is 132 Å². The molecular formula is C12H14Cl3N3O2. The molecule has 8 heteroatoms. The van der Waals surface area contributed by atoms with Crippen LogP contribution in [0.1, 0.15) is 0 Å². The van der Waals surface area contributed by atoms with Gasteiger partial charge in [-0.1, -0.05) is 34.8 Å². The smallest absolute Gasteiger partial charge is 0.238 e. The monoisotopic (exact) mass is 337 g/mol. The number of hydrogen-bond donors (Lipinski definition) is 2. The van der Waals surface area contributed by atoms with Gasteiger partial charge in [-0.2, -0.15) is 0 Å². The van der Waals surface area contributed by atoms with Crippen molar-refractivity contribution in [3.8, 4) is 0 Å². The van der Waals surface area contributed by atoms with Crippen LogP contribution in [0.4, 0.5) is 5.69 Å². The summed E-state index contributed by atoms with van der Waals surface area (Å²) in [6, 6.07) is 2.97. The molecule has 0 saturated carbocycles. The highest BCUT2D eigenvalue weighted by Crippen LogP contribution is 2.33. The molecule has 1 aromatic rings. The lowest BCUT2D eigenvalue weighted by molar-refractivity contribution is -0.122. The normalized spacial score (nSPS) is 10.5. The summed E-state index contributed by atoms with van der Waals surface area (Å²) in [4.78, 5) is 24.6. The first-order valence-electron chi connectivity index (χ1n) is 5.67. The number of likely N-dealkylation sites (N-methyl/N-ethyl adjacent to an activating group) is 2. The largest absolute Gasteiger partial charge is 0.358 e. The van der Waals surface area contributed by atoms with Crippen molar-refractivity contribution in [2.24, 2.45) is 0 Å². The van der Waals surface area contributed by atoms with Gasteiger partial charge < -0.3 is 10.6 Å². The minimum atomic E-state index is -0.331. The van der Waals surface area contributed by atoms with Gasteiger partial charge in [-0.25, -0.2) is 0 Å². The molecule has 0 unspecified atom stereocenters. The molecule has 20 heavy (non-hydrogen) atoms. The highest BCUT2D eigenvalue weighted by molar-refractivity contribution is 6.42. The van der Waals surface area contributed by atoms with Gasteiger partial charge in [0.05, 0.1) is 28.8 Å². The van der Waals surface area contributed by atoms with Crippen LogP contribution in [0.5, 0.6) is 0 Å². The zero-order valence-electron chi connectivity index (χ0n) is 11.0. The summed E-state index contributed by atoms with van der Waals surface area (Å²) in [6.45, 7) is 0.148. The summed E-state index contributed by atoms with van der Waals surface area (Å²) in [5.74, 6) is -0.509. The molecule has 0 atom stereocenters. The molecule has 110 valence electrons. The third kappa shape index (κ3) is 5.17. The second-order valence-corrected chi connectivity index (χ2v) is 5.39. The van der Waals surface area contributed by atoms with Crippen molar-refractivity contribution < 1.29 is 9.59 Å². The number of nitrogens with one attached hydrogen (secondary N) is 2. The number of anilines is 1. The van der Waals surface area contributed by atoms with Crippen LogP contribution >= 0.6 is 34.8 Å². The van der Waals surface area contributed by atoms with Crippen LogP contribution in [0.15, 0.2) is 12.1 Å². The van der Waals surface area contributed by atoms with Gasteiger partial charge in [0.2, 0.25) is 11.8 Å². The lowest BCUT2D eigenvalue weighted by Crippen LogP contribution is -2.37. The van der Waals surface area contributed by atoms with Crippen LogP contribution in [-0.4, -0.2) is 43.9 Å². The summed E-state index contributed by atoms with van der Waals surface area (Å²) >= 11 is 17.7. The van der Waals surface area contributed by atoms with E-state index in [9.17, 15) is 9.59 Å². The van der Waals surface area contributed by atoms with Crippen LogP contribution in [0, 0.1) is 0 Å². The molecule has 2 amide bonds. The molecule has 0 aromatic heterocycles. The van der Waals surface area contributed by atoms with E-state index in [-0.39, 0.29) is 34.9 Å². The Morgan fingerprint density at radius 1 is 1.10 bits per heavy atom. The van der Waals surface area contributed by atoms with E-state index in [1.165, 1.54) is 19.2 Å². The fraction of sp³-hybridized carbons (Fsp3) is 0.333. The molecule has 0 aliphatic rings. The van der Waals surface area contributed by atoms with E-state index in [4.69, 9.17) is 34.8 Å². The Morgan fingerprint density at radius 3 is 2.10 bits per heavy atom. The Morgan fingerprint density at radius 2 is 1.60 bits per heavy atom. The van der Waals surface area contributed by atoms with E-state index in [0.29, 0.717) is 10.7 Å². The van der Waals surface area contributed by atoms with Gasteiger partial charge in [0.15, 0.2) is 0 Å². The Hall–Kier alpha value is -1.01. The highest BCUT2D eigenvalue weighted by Gasteiger charge is 2.14. The maximum atomic E-state index is 11.8. The predicted molar refractivity (Wildman–Crippen MR) is 81.7 cm³/mol. The number of nitrogens with zero attached hydrogens (tertiary/aromatic N) is 1. The van der Waals surface area contributed by atoms with E-state index >= 15 is 0 Å². The first kappa shape index (κ1) is 17.0. The molecule has 1 aromatic carbocycles. The van der Waals surface area contributed by atoms with E-state index in [0.717, 1.165) is 0 Å². The Bertz CT molecular complexity index is 500. The van der Waals surface area contributed by atoms with Gasteiger partial charge in [0.1, 0.15) is 0 Å². The summed E-state index contributed by atoms with van der Waals surface area (Å²) in [5, 5.41) is 5.96. The molecule has 0 aliphatic carbocycles. The van der Waals surface area contributed by atoms with Gasteiger partial charge >= 0.3 is 0 Å². The Kier molecular flexibility index (Phi) is 6.55. The minimum Gasteiger partial charge on any atom is -0.358 e. The zero-order valence-corrected chi connectivity index (χ0v) is 13.2. The van der Waals surface area contributed by atoms with E-state index < -0.39 is 0 Å². The molecule has 0 fully saturated rings. The number of rotatable bonds is 5. The molecule has 0 aliphatic heterocycles. The van der Waals surface area contributed by atoms with Crippen LogP contribution in [-0.2, 0) is 9.59 Å². The standard InChI is InChI=1S/C12H14Cl3N3O2/c1-16-10(19)5-18(2)6-11(20)17-12-8(14)3-7(13)4-9(12)15/h3-4H,5-6H2,1-2H3,(H,16,19)(H,17,20). The number of carbonyl (C=O) groups excluding carboxylic acids is 2. The van der Waals surface area contributed by atoms with Gasteiger partial charge in [-0.15, -0.1) is 0 Å². The quantitative estimate of drug-likeness (QED) is 0.866. The third-order valence-electron chi connectivity index (χ3n) is 2.38. The highest BCUT2D eigenvalue weighted by atomic mass is 35.5. The van der Waals surface area contributed by atoms with E-state index in [2.05, 4.69) is 10.6 Å². The lowest BCUT2D eigenvalue weighted by Gasteiger charge is -2.16. The summed E-state index contributed by atoms with van der Waals surface area (Å²) in [5.41, 5.74) is 0.302. The van der Waals surface area contributed by atoms with Crippen molar-refractivity contribution in [3.63, 3.8) is 0 Å². The molecular weight excluding hydrogens is 325 g/mol. The summed E-state index contributed by atoms with van der Waals surface area (Å²) in [7, 11) is 3.18. The summed E-state index contributed by atoms with van der Waals surface area (Å²) < 4.78 is 0. The molecule has 0 saturated heterocycles. The SMILES string of the molecule is CNC(=O)CN(C)CC(=O)Nc1c(Cl)cc(Cl)cc1Cl. The molecule has 0 radical (unpaired) electrons. The van der Waals surface area contributed by atoms with Crippen LogP contribution in [0.25, 0.3) is 0 Å². The average molecular weight is 339 g/mol. The zero-order chi connectivity index (χ0) is 15.3. The molecule has 0 spiro atoms. The molecule has 1 rings (SSSR count). The van der Waals surface area contributed by atoms with E-state index in [1.54, 1.807) is 11.9 Å². The van der Waals surface area contributed by atoms with Gasteiger partial charge in [-0.3, -0.25) is 14.5 Å². The molecule has 5 nitrogen and oxygen atoms in total. The van der Waals surface area contributed by atoms with Crippen molar-refractivity contribution >= 4 is 52.3 Å². The number of hydrogen-bond acceptors (Lipinski definition) is 3. The number of halogens is 3. The van der Waals surface area contributed by atoms with Crippen molar-refractivity contribution in [2.45, 2.75) is 0 Å². The maximum absolute atomic E-state index is 11.8. The number of benzene rings is 1. The van der Waals surface area contributed by atoms with Gasteiger partial charge in [-0.05, 0) is 19.2 Å². The summed E-state index contributed by atoms with van der Waals surface area (Å²) in [6.07, 6.45) is 0. The lowest BCUT2D eigenvalue weighted by atomic mass is 10.3. The van der Waals surface area contributed by atoms with Gasteiger partial charge in [0.25, 0.3) is 0 Å². The third-order valence-corrected chi connectivity index (χ3v) is 3.19. The van der Waals surface area contributed by atoms with Crippen molar-refractivity contribution in [3.05, 3.63) is 27.2 Å². The second-order valence-electron chi connectivity index (χ2n) is 4.14. The average Bonchev–Trinajstić information content (AvgIpc) is 2.33. The van der Waals surface area contributed by atoms with Crippen molar-refractivity contribution in [2.75, 3.05) is 32.5 Å². The number of carbonyl (C=O) groups is 2.